The molecule has 0 aliphatic heterocycles. The maximum absolute atomic E-state index is 10.0. The van der Waals surface area contributed by atoms with Crippen LogP contribution in [0.4, 0.5) is 0 Å². The van der Waals surface area contributed by atoms with Crippen molar-refractivity contribution in [1.82, 2.24) is 5.14 Å². The molecule has 0 atom stereocenters. The maximum Gasteiger partial charge on any atom is 0.228 e. The molecule has 3 nitrogen and oxygen atoms in total. The monoisotopic (exact) mass is 134 g/mol. The summed E-state index contributed by atoms with van der Waals surface area (Å²) < 4.78 is 20.0. The molecule has 0 aliphatic carbocycles. The van der Waals surface area contributed by atoms with Crippen molar-refractivity contribution >= 4 is 10.0 Å². The molecule has 0 aromatic heterocycles. The minimum atomic E-state index is -3.52. The first kappa shape index (κ1) is 7.65. The highest BCUT2D eigenvalue weighted by atomic mass is 32.2. The maximum atomic E-state index is 10.0. The van der Waals surface area contributed by atoms with Crippen molar-refractivity contribution in [3.05, 3.63) is 12.2 Å². The molecule has 0 spiro atoms. The van der Waals surface area contributed by atoms with Crippen LogP contribution in [0.1, 0.15) is 6.92 Å². The van der Waals surface area contributed by atoms with E-state index in [-0.39, 0.29) is 5.75 Å². The Morgan fingerprint density at radius 2 is 2.12 bits per heavy atom. The van der Waals surface area contributed by atoms with E-state index in [0.717, 1.165) is 0 Å². The lowest BCUT2D eigenvalue weighted by molar-refractivity contribution is 0.599. The molecule has 0 rings (SSSR count). The van der Waals surface area contributed by atoms with Gasteiger partial charge in [-0.05, 0) is 6.92 Å². The molecule has 1 radical (unpaired) electrons. The molecule has 0 unspecified atom stereocenters. The predicted molar refractivity (Wildman–Crippen MR) is 31.7 cm³/mol. The van der Waals surface area contributed by atoms with Gasteiger partial charge in [0.25, 0.3) is 0 Å². The van der Waals surface area contributed by atoms with Gasteiger partial charge in [-0.3, -0.25) is 0 Å². The van der Waals surface area contributed by atoms with Crippen molar-refractivity contribution in [2.45, 2.75) is 6.92 Å². The average molecular weight is 134 g/mol. The van der Waals surface area contributed by atoms with Gasteiger partial charge in [0.2, 0.25) is 10.0 Å². The predicted octanol–water partition coefficient (Wildman–Crippen LogP) is 0.175. The molecule has 0 heterocycles. The van der Waals surface area contributed by atoms with Crippen molar-refractivity contribution in [2.24, 2.45) is 0 Å². The first-order valence-corrected chi connectivity index (χ1v) is 3.80. The average Bonchev–Trinajstić information content (AvgIpc) is 1.59. The number of nitrogens with one attached hydrogen (secondary N) is 1. The van der Waals surface area contributed by atoms with Gasteiger partial charge in [-0.25, -0.2) is 8.42 Å². The third-order valence-electron chi connectivity index (χ3n) is 0.551. The van der Waals surface area contributed by atoms with Crippen LogP contribution in [0.15, 0.2) is 12.2 Å². The minimum Gasteiger partial charge on any atom is -0.211 e. The van der Waals surface area contributed by atoms with Gasteiger partial charge >= 0.3 is 0 Å². The summed E-state index contributed by atoms with van der Waals surface area (Å²) in [6, 6.07) is 0. The standard InChI is InChI=1S/C4H8NO2S/c1-2-3-4-8(5,6)7/h2-3,5H,4H2,1H3. The Morgan fingerprint density at radius 1 is 1.62 bits per heavy atom. The number of rotatable bonds is 2. The molecular formula is C4H8NO2S. The fourth-order valence-corrected chi connectivity index (χ4v) is 0.669. The molecule has 0 bridgehead atoms. The summed E-state index contributed by atoms with van der Waals surface area (Å²) in [6.45, 7) is 1.71. The lowest BCUT2D eigenvalue weighted by atomic mass is 10.6. The molecule has 0 aromatic rings. The van der Waals surface area contributed by atoms with Crippen LogP contribution >= 0.6 is 0 Å². The molecule has 4 heteroatoms. The van der Waals surface area contributed by atoms with E-state index in [1.807, 2.05) is 0 Å². The first-order valence-electron chi connectivity index (χ1n) is 2.15. The number of sulfonamides is 1. The fourth-order valence-electron chi connectivity index (χ4n) is 0.223. The van der Waals surface area contributed by atoms with Gasteiger partial charge in [0, 0.05) is 0 Å². The van der Waals surface area contributed by atoms with Crippen molar-refractivity contribution in [3.8, 4) is 0 Å². The van der Waals surface area contributed by atoms with Gasteiger partial charge in [-0.1, -0.05) is 12.2 Å². The van der Waals surface area contributed by atoms with Crippen molar-refractivity contribution in [1.29, 1.82) is 0 Å². The Balaban J connectivity index is 3.76. The Morgan fingerprint density at radius 3 is 2.25 bits per heavy atom. The number of hydrogen-bond acceptors (Lipinski definition) is 2. The van der Waals surface area contributed by atoms with Crippen LogP contribution in [0, 0.1) is 0 Å². The summed E-state index contributed by atoms with van der Waals surface area (Å²) in [7, 11) is -3.52. The summed E-state index contributed by atoms with van der Waals surface area (Å²) in [6.07, 6.45) is 3.04. The summed E-state index contributed by atoms with van der Waals surface area (Å²) >= 11 is 0. The Bertz CT molecular complexity index is 168. The van der Waals surface area contributed by atoms with Gasteiger partial charge in [-0.15, -0.1) is 5.14 Å². The molecule has 0 saturated carbocycles. The Labute approximate surface area is 49.2 Å². The molecule has 0 saturated heterocycles. The van der Waals surface area contributed by atoms with Crippen LogP contribution in [-0.4, -0.2) is 14.2 Å². The summed E-state index contributed by atoms with van der Waals surface area (Å²) in [5.41, 5.74) is 0. The zero-order valence-corrected chi connectivity index (χ0v) is 5.40. The zero-order valence-electron chi connectivity index (χ0n) is 4.59. The topological polar surface area (TPSA) is 57.9 Å². The third-order valence-corrected chi connectivity index (χ3v) is 1.18. The van der Waals surface area contributed by atoms with E-state index >= 15 is 0 Å². The quantitative estimate of drug-likeness (QED) is 0.505. The Hall–Kier alpha value is -0.350. The largest absolute Gasteiger partial charge is 0.228 e. The van der Waals surface area contributed by atoms with Crippen LogP contribution in [-0.2, 0) is 10.0 Å². The van der Waals surface area contributed by atoms with Crippen LogP contribution in [0.5, 0.6) is 0 Å². The van der Waals surface area contributed by atoms with E-state index in [9.17, 15) is 8.42 Å². The zero-order chi connectivity index (χ0) is 6.62. The van der Waals surface area contributed by atoms with Gasteiger partial charge in [0.05, 0.1) is 5.75 Å². The number of hydrogen-bond donors (Lipinski definition) is 0. The lowest BCUT2D eigenvalue weighted by Crippen LogP contribution is -2.02. The lowest BCUT2D eigenvalue weighted by Gasteiger charge is -1.83. The van der Waals surface area contributed by atoms with Crippen molar-refractivity contribution in [2.75, 3.05) is 5.75 Å². The molecule has 47 valence electrons. The highest BCUT2D eigenvalue weighted by Gasteiger charge is 1.95. The first-order chi connectivity index (χ1) is 3.56. The van der Waals surface area contributed by atoms with Crippen molar-refractivity contribution < 1.29 is 8.42 Å². The van der Waals surface area contributed by atoms with Crippen LogP contribution in [0.3, 0.4) is 0 Å². The highest BCUT2D eigenvalue weighted by Crippen LogP contribution is 1.80. The summed E-state index contributed by atoms with van der Waals surface area (Å²) in [5, 5.41) is 6.36. The summed E-state index contributed by atoms with van der Waals surface area (Å²) in [4.78, 5) is 0. The molecule has 0 fully saturated rings. The van der Waals surface area contributed by atoms with Crippen molar-refractivity contribution in [3.63, 3.8) is 0 Å². The van der Waals surface area contributed by atoms with Gasteiger partial charge in [0.15, 0.2) is 0 Å². The molecule has 8 heavy (non-hydrogen) atoms. The SMILES string of the molecule is CC=CCS([NH])(=O)=O. The van der Waals surface area contributed by atoms with E-state index in [4.69, 9.17) is 5.14 Å². The molecular weight excluding hydrogens is 126 g/mol. The van der Waals surface area contributed by atoms with Gasteiger partial charge in [0.1, 0.15) is 0 Å². The van der Waals surface area contributed by atoms with E-state index in [1.165, 1.54) is 6.08 Å². The smallest absolute Gasteiger partial charge is 0.211 e. The number of allylic oxidation sites excluding steroid dienone is 1. The second-order valence-electron chi connectivity index (χ2n) is 1.35. The normalized spacial score (nSPS) is 12.8. The minimum absolute atomic E-state index is 0.177. The summed E-state index contributed by atoms with van der Waals surface area (Å²) in [5.74, 6) is -0.177. The van der Waals surface area contributed by atoms with E-state index in [2.05, 4.69) is 0 Å². The van der Waals surface area contributed by atoms with Crippen LogP contribution in [0.25, 0.3) is 0 Å². The van der Waals surface area contributed by atoms with Gasteiger partial charge in [-0.2, -0.15) is 0 Å². The molecule has 0 aliphatic rings. The second-order valence-corrected chi connectivity index (χ2v) is 2.91. The Kier molecular flexibility index (Phi) is 2.71. The third kappa shape index (κ3) is 5.65. The van der Waals surface area contributed by atoms with E-state index < -0.39 is 10.0 Å². The van der Waals surface area contributed by atoms with Crippen LogP contribution < -0.4 is 5.14 Å². The highest BCUT2D eigenvalue weighted by molar-refractivity contribution is 7.88. The van der Waals surface area contributed by atoms with Gasteiger partial charge < -0.3 is 0 Å². The second kappa shape index (κ2) is 2.84. The molecule has 0 amide bonds. The van der Waals surface area contributed by atoms with E-state index in [1.54, 1.807) is 13.0 Å². The van der Waals surface area contributed by atoms with E-state index in [0.29, 0.717) is 0 Å². The van der Waals surface area contributed by atoms with Crippen LogP contribution in [0.2, 0.25) is 0 Å². The molecule has 0 aromatic carbocycles. The fraction of sp³-hybridized carbons (Fsp3) is 0.500. The molecule has 1 N–H and O–H groups in total.